The summed E-state index contributed by atoms with van der Waals surface area (Å²) in [6, 6.07) is 22.2. The first-order valence-corrected chi connectivity index (χ1v) is 11.7. The summed E-state index contributed by atoms with van der Waals surface area (Å²) >= 11 is 8.60. The third-order valence-corrected chi connectivity index (χ3v) is 7.27. The molecule has 0 unspecified atom stereocenters. The minimum absolute atomic E-state index is 0.298. The summed E-state index contributed by atoms with van der Waals surface area (Å²) in [6.45, 7) is -0.359. The number of halogens is 1. The van der Waals surface area contributed by atoms with Gasteiger partial charge in [-0.25, -0.2) is 0 Å². The molecule has 0 spiro atoms. The number of hydrogen-bond donors (Lipinski definition) is 0. The van der Waals surface area contributed by atoms with Crippen molar-refractivity contribution in [2.45, 2.75) is 9.79 Å². The van der Waals surface area contributed by atoms with E-state index in [9.17, 15) is 14.4 Å². The fraction of sp³-hybridized carbons (Fsp3) is 0.0417. The number of nitrogens with zero attached hydrogens (tertiary/aromatic N) is 2. The van der Waals surface area contributed by atoms with E-state index in [1.807, 2.05) is 60.7 Å². The number of amides is 3. The number of anilines is 2. The lowest BCUT2D eigenvalue weighted by Gasteiger charge is -2.32. The monoisotopic (exact) mass is 478 g/mol. The Morgan fingerprint density at radius 3 is 2.41 bits per heavy atom. The molecule has 0 bridgehead atoms. The molecule has 3 aromatic rings. The zero-order valence-corrected chi connectivity index (χ0v) is 18.9. The summed E-state index contributed by atoms with van der Waals surface area (Å²) in [7, 11) is 0. The maximum atomic E-state index is 13.4. The van der Waals surface area contributed by atoms with Gasteiger partial charge in [0.2, 0.25) is 0 Å². The van der Waals surface area contributed by atoms with Crippen molar-refractivity contribution in [3.05, 3.63) is 88.3 Å². The first-order valence-electron chi connectivity index (χ1n) is 9.71. The Labute approximate surface area is 198 Å². The first kappa shape index (κ1) is 20.9. The van der Waals surface area contributed by atoms with Gasteiger partial charge in [0.1, 0.15) is 6.54 Å². The summed E-state index contributed by atoms with van der Waals surface area (Å²) < 4.78 is 0. The molecule has 158 valence electrons. The molecule has 32 heavy (non-hydrogen) atoms. The summed E-state index contributed by atoms with van der Waals surface area (Å²) in [5.74, 6) is -0.854. The Morgan fingerprint density at radius 1 is 0.875 bits per heavy atom. The van der Waals surface area contributed by atoms with E-state index in [1.165, 1.54) is 4.90 Å². The average Bonchev–Trinajstić information content (AvgIpc) is 3.05. The van der Waals surface area contributed by atoms with E-state index in [0.29, 0.717) is 21.3 Å². The fourth-order valence-electron chi connectivity index (χ4n) is 3.54. The van der Waals surface area contributed by atoms with Crippen molar-refractivity contribution in [1.82, 2.24) is 4.90 Å². The largest absolute Gasteiger partial charge is 0.294 e. The van der Waals surface area contributed by atoms with E-state index < -0.39 is 11.1 Å². The minimum Gasteiger partial charge on any atom is -0.277 e. The lowest BCUT2D eigenvalue weighted by atomic mass is 10.2. The molecule has 2 aliphatic heterocycles. The van der Waals surface area contributed by atoms with E-state index in [2.05, 4.69) is 0 Å². The van der Waals surface area contributed by atoms with Crippen LogP contribution in [0.5, 0.6) is 0 Å². The van der Waals surface area contributed by atoms with Gasteiger partial charge in [-0.2, -0.15) is 0 Å². The third kappa shape index (κ3) is 3.83. The van der Waals surface area contributed by atoms with Crippen LogP contribution in [0.3, 0.4) is 0 Å². The Hall–Kier alpha value is -3.00. The highest BCUT2D eigenvalue weighted by Gasteiger charge is 2.38. The van der Waals surface area contributed by atoms with E-state index in [1.54, 1.807) is 30.0 Å². The molecule has 0 N–H and O–H groups in total. The Bertz CT molecular complexity index is 1290. The second kappa shape index (κ2) is 8.50. The molecule has 5 rings (SSSR count). The molecule has 5 nitrogen and oxygen atoms in total. The highest BCUT2D eigenvalue weighted by Crippen LogP contribution is 2.49. The van der Waals surface area contributed by atoms with Crippen molar-refractivity contribution in [1.29, 1.82) is 0 Å². The van der Waals surface area contributed by atoms with Gasteiger partial charge in [0.15, 0.2) is 0 Å². The first-order chi connectivity index (χ1) is 15.5. The van der Waals surface area contributed by atoms with Crippen LogP contribution in [0.25, 0.3) is 6.08 Å². The van der Waals surface area contributed by atoms with Crippen LogP contribution in [-0.4, -0.2) is 28.5 Å². The smallest absolute Gasteiger partial charge is 0.277 e. The lowest BCUT2D eigenvalue weighted by Crippen LogP contribution is -2.41. The molecule has 0 saturated carbocycles. The molecule has 8 heteroatoms. The lowest BCUT2D eigenvalue weighted by molar-refractivity contribution is -0.127. The zero-order chi connectivity index (χ0) is 22.2. The number of hydrogen-bond acceptors (Lipinski definition) is 5. The third-order valence-electron chi connectivity index (χ3n) is 5.00. The number of benzene rings is 3. The van der Waals surface area contributed by atoms with E-state index >= 15 is 0 Å². The number of rotatable bonds is 3. The Morgan fingerprint density at radius 2 is 1.59 bits per heavy atom. The van der Waals surface area contributed by atoms with Gasteiger partial charge in [0.25, 0.3) is 17.1 Å². The minimum atomic E-state index is -0.469. The van der Waals surface area contributed by atoms with Gasteiger partial charge in [0, 0.05) is 14.8 Å². The molecule has 3 amide bonds. The van der Waals surface area contributed by atoms with Gasteiger partial charge < -0.3 is 0 Å². The topological polar surface area (TPSA) is 57.7 Å². The van der Waals surface area contributed by atoms with Gasteiger partial charge in [-0.15, -0.1) is 0 Å². The maximum absolute atomic E-state index is 13.4. The average molecular weight is 479 g/mol. The molecule has 1 saturated heterocycles. The summed E-state index contributed by atoms with van der Waals surface area (Å²) in [6.07, 6.45) is 1.66. The molecular formula is C24H15ClN2O3S2. The van der Waals surface area contributed by atoms with Crippen molar-refractivity contribution in [3.8, 4) is 0 Å². The van der Waals surface area contributed by atoms with E-state index in [-0.39, 0.29) is 12.5 Å². The van der Waals surface area contributed by atoms with E-state index in [0.717, 1.165) is 32.0 Å². The van der Waals surface area contributed by atoms with Gasteiger partial charge in [-0.3, -0.25) is 24.2 Å². The highest BCUT2D eigenvalue weighted by molar-refractivity contribution is 8.18. The second-order valence-corrected chi connectivity index (χ2v) is 9.60. The number of thioether (sulfide) groups is 1. The molecule has 1 fully saturated rings. The number of carbonyl (C=O) groups excluding carboxylic acids is 3. The zero-order valence-electron chi connectivity index (χ0n) is 16.5. The van der Waals surface area contributed by atoms with Crippen LogP contribution >= 0.6 is 35.1 Å². The number of fused-ring (bicyclic) bond motifs is 2. The van der Waals surface area contributed by atoms with Crippen LogP contribution in [0.15, 0.2) is 87.5 Å². The van der Waals surface area contributed by atoms with Gasteiger partial charge in [-0.05, 0) is 53.7 Å². The number of para-hydroxylation sites is 1. The van der Waals surface area contributed by atoms with Gasteiger partial charge in [0.05, 0.1) is 16.3 Å². The van der Waals surface area contributed by atoms with Crippen LogP contribution in [0, 0.1) is 0 Å². The van der Waals surface area contributed by atoms with Crippen molar-refractivity contribution < 1.29 is 14.4 Å². The summed E-state index contributed by atoms with van der Waals surface area (Å²) in [5.41, 5.74) is 2.15. The molecule has 2 aliphatic rings. The second-order valence-electron chi connectivity index (χ2n) is 7.09. The molecular weight excluding hydrogens is 464 g/mol. The van der Waals surface area contributed by atoms with Crippen molar-refractivity contribution >= 4 is 69.6 Å². The quantitative estimate of drug-likeness (QED) is 0.419. The predicted octanol–water partition coefficient (Wildman–Crippen LogP) is 6.21. The SMILES string of the molecule is O=C1SC(=Cc2ccccc2)C(=O)N1CC(=O)N1c2ccccc2Sc2ccc(Cl)cc21. The van der Waals surface area contributed by atoms with Crippen molar-refractivity contribution in [2.75, 3.05) is 11.4 Å². The van der Waals surface area contributed by atoms with E-state index in [4.69, 9.17) is 11.6 Å². The number of imide groups is 1. The molecule has 2 heterocycles. The molecule has 0 radical (unpaired) electrons. The number of carbonyl (C=O) groups is 3. The van der Waals surface area contributed by atoms with Crippen molar-refractivity contribution in [3.63, 3.8) is 0 Å². The fourth-order valence-corrected chi connectivity index (χ4v) is 5.58. The van der Waals surface area contributed by atoms with Gasteiger partial charge in [-0.1, -0.05) is 65.8 Å². The summed E-state index contributed by atoms with van der Waals surface area (Å²) in [5, 5.41) is 0.0370. The van der Waals surface area contributed by atoms with Crippen LogP contribution < -0.4 is 4.90 Å². The van der Waals surface area contributed by atoms with Crippen LogP contribution in [0.2, 0.25) is 5.02 Å². The standard InChI is InChI=1S/C24H15ClN2O3S2/c25-16-10-11-20-18(13-16)27(17-8-4-5-9-19(17)31-20)22(28)14-26-23(29)21(32-24(26)30)12-15-6-2-1-3-7-15/h1-13H,14H2. The Balaban J connectivity index is 1.46. The summed E-state index contributed by atoms with van der Waals surface area (Å²) in [4.78, 5) is 43.5. The molecule has 0 aromatic heterocycles. The normalized spacial score (nSPS) is 16.3. The molecule has 0 atom stereocenters. The molecule has 3 aromatic carbocycles. The predicted molar refractivity (Wildman–Crippen MR) is 128 cm³/mol. The van der Waals surface area contributed by atoms with Crippen LogP contribution in [0.4, 0.5) is 16.2 Å². The van der Waals surface area contributed by atoms with Gasteiger partial charge >= 0.3 is 0 Å². The van der Waals surface area contributed by atoms with Crippen LogP contribution in [-0.2, 0) is 9.59 Å². The van der Waals surface area contributed by atoms with Crippen LogP contribution in [0.1, 0.15) is 5.56 Å². The maximum Gasteiger partial charge on any atom is 0.294 e. The molecule has 0 aliphatic carbocycles. The highest BCUT2D eigenvalue weighted by atomic mass is 35.5. The Kier molecular flexibility index (Phi) is 5.55. The van der Waals surface area contributed by atoms with Crippen molar-refractivity contribution in [2.24, 2.45) is 0 Å².